The number of non-ortho nitro benzene ring substituents is 1. The number of benzene rings is 2. The van der Waals surface area contributed by atoms with Gasteiger partial charge in [-0.3, -0.25) is 24.4 Å². The Kier molecular flexibility index (Phi) is 6.13. The number of rotatable bonds is 8. The van der Waals surface area contributed by atoms with Gasteiger partial charge >= 0.3 is 0 Å². The van der Waals surface area contributed by atoms with Crippen LogP contribution in [0.4, 0.5) is 11.4 Å². The molecule has 0 aliphatic heterocycles. The van der Waals surface area contributed by atoms with Crippen LogP contribution in [0, 0.1) is 34.1 Å². The van der Waals surface area contributed by atoms with Crippen LogP contribution in [0.5, 0.6) is 0 Å². The first-order valence-electron chi connectivity index (χ1n) is 8.94. The van der Waals surface area contributed by atoms with Crippen LogP contribution >= 0.6 is 0 Å². The van der Waals surface area contributed by atoms with Gasteiger partial charge in [-0.1, -0.05) is 6.07 Å². The molecule has 11 nitrogen and oxygen atoms in total. The van der Waals surface area contributed by atoms with Gasteiger partial charge < -0.3 is 4.42 Å². The largest absolute Gasteiger partial charge is 0.441 e. The number of nitrogens with zero attached hydrogens (tertiary/aromatic N) is 3. The molecular weight excluding hydrogens is 430 g/mol. The summed E-state index contributed by atoms with van der Waals surface area (Å²) < 4.78 is 35.3. The third-order valence-corrected chi connectivity index (χ3v) is 5.77. The standard InChI is InChI=1S/C19H17N3O8S/c1-12-3-8-16(11-18(12)22(25)26)31(27,28)29-10-9-17-13(2)30-19(20-17)14-4-6-15(7-5-14)21(23)24/h3-8,11H,9-10H2,1-2H3. The molecule has 0 N–H and O–H groups in total. The molecule has 1 aromatic heterocycles. The summed E-state index contributed by atoms with van der Waals surface area (Å²) in [6.07, 6.45) is 0.107. The molecule has 0 fully saturated rings. The second-order valence-corrected chi connectivity index (χ2v) is 8.17. The van der Waals surface area contributed by atoms with E-state index in [1.807, 2.05) is 0 Å². The van der Waals surface area contributed by atoms with Crippen molar-refractivity contribution in [1.29, 1.82) is 0 Å². The van der Waals surface area contributed by atoms with E-state index in [1.54, 1.807) is 6.92 Å². The second-order valence-electron chi connectivity index (χ2n) is 6.56. The molecule has 0 amide bonds. The van der Waals surface area contributed by atoms with Crippen LogP contribution < -0.4 is 0 Å². The van der Waals surface area contributed by atoms with Gasteiger partial charge in [0.1, 0.15) is 10.7 Å². The lowest BCUT2D eigenvalue weighted by Crippen LogP contribution is -2.10. The Morgan fingerprint density at radius 3 is 2.32 bits per heavy atom. The van der Waals surface area contributed by atoms with Crippen molar-refractivity contribution in [3.8, 4) is 11.5 Å². The highest BCUT2D eigenvalue weighted by Gasteiger charge is 2.21. The number of oxazole rings is 1. The molecule has 0 spiro atoms. The fourth-order valence-electron chi connectivity index (χ4n) is 2.77. The highest BCUT2D eigenvalue weighted by Crippen LogP contribution is 2.26. The summed E-state index contributed by atoms with van der Waals surface area (Å²) in [5.41, 5.74) is 0.937. The maximum absolute atomic E-state index is 12.4. The Hall–Kier alpha value is -3.64. The van der Waals surface area contributed by atoms with Gasteiger partial charge in [0.15, 0.2) is 0 Å². The zero-order valence-corrected chi connectivity index (χ0v) is 17.3. The Labute approximate surface area is 176 Å². The van der Waals surface area contributed by atoms with Crippen molar-refractivity contribution in [2.45, 2.75) is 25.2 Å². The molecule has 0 atom stereocenters. The molecule has 0 aliphatic rings. The van der Waals surface area contributed by atoms with Gasteiger partial charge in [-0.2, -0.15) is 8.42 Å². The summed E-state index contributed by atoms with van der Waals surface area (Å²) >= 11 is 0. The van der Waals surface area contributed by atoms with Crippen molar-refractivity contribution >= 4 is 21.5 Å². The average Bonchev–Trinajstić information content (AvgIpc) is 3.08. The van der Waals surface area contributed by atoms with Crippen LogP contribution in [0.2, 0.25) is 0 Å². The Morgan fingerprint density at radius 2 is 1.71 bits per heavy atom. The lowest BCUT2D eigenvalue weighted by atomic mass is 10.2. The average molecular weight is 447 g/mol. The van der Waals surface area contributed by atoms with E-state index >= 15 is 0 Å². The van der Waals surface area contributed by atoms with Crippen molar-refractivity contribution in [2.24, 2.45) is 0 Å². The van der Waals surface area contributed by atoms with Crippen molar-refractivity contribution in [3.05, 3.63) is 79.7 Å². The van der Waals surface area contributed by atoms with Gasteiger partial charge in [0.05, 0.1) is 22.1 Å². The zero-order valence-electron chi connectivity index (χ0n) is 16.5. The molecule has 162 valence electrons. The van der Waals surface area contributed by atoms with E-state index in [9.17, 15) is 28.6 Å². The summed E-state index contributed by atoms with van der Waals surface area (Å²) in [4.78, 5) is 24.6. The molecule has 0 bridgehead atoms. The highest BCUT2D eigenvalue weighted by molar-refractivity contribution is 7.86. The SMILES string of the molecule is Cc1ccc(S(=O)(=O)OCCc2nc(-c3ccc([N+](=O)[O-])cc3)oc2C)cc1[N+](=O)[O-]. The number of hydrogen-bond acceptors (Lipinski definition) is 9. The first-order valence-corrected chi connectivity index (χ1v) is 10.3. The van der Waals surface area contributed by atoms with E-state index in [2.05, 4.69) is 4.98 Å². The molecule has 1 heterocycles. The number of nitro groups is 2. The van der Waals surface area contributed by atoms with E-state index < -0.39 is 20.0 Å². The quantitative estimate of drug-likeness (QED) is 0.285. The topological polar surface area (TPSA) is 156 Å². The van der Waals surface area contributed by atoms with Gasteiger partial charge in [-0.05, 0) is 32.0 Å². The Morgan fingerprint density at radius 1 is 1.03 bits per heavy atom. The predicted molar refractivity (Wildman–Crippen MR) is 108 cm³/mol. The van der Waals surface area contributed by atoms with Crippen LogP contribution in [0.1, 0.15) is 17.0 Å². The van der Waals surface area contributed by atoms with Gasteiger partial charge in [0.2, 0.25) is 5.89 Å². The smallest absolute Gasteiger partial charge is 0.297 e. The minimum absolute atomic E-state index is 0.0674. The zero-order chi connectivity index (χ0) is 22.8. The summed E-state index contributed by atoms with van der Waals surface area (Å²) in [6.45, 7) is 2.90. The molecule has 12 heteroatoms. The van der Waals surface area contributed by atoms with Gasteiger partial charge in [-0.15, -0.1) is 0 Å². The summed E-state index contributed by atoms with van der Waals surface area (Å²) in [5, 5.41) is 21.8. The van der Waals surface area contributed by atoms with Crippen molar-refractivity contribution in [2.75, 3.05) is 6.61 Å². The number of aryl methyl sites for hydroxylation is 2. The fraction of sp³-hybridized carbons (Fsp3) is 0.211. The summed E-state index contributed by atoms with van der Waals surface area (Å²) in [7, 11) is -4.20. The lowest BCUT2D eigenvalue weighted by molar-refractivity contribution is -0.385. The van der Waals surface area contributed by atoms with Gasteiger partial charge in [-0.25, -0.2) is 4.98 Å². The molecule has 3 aromatic rings. The Bertz CT molecular complexity index is 1250. The van der Waals surface area contributed by atoms with Crippen LogP contribution in [-0.2, 0) is 20.7 Å². The lowest BCUT2D eigenvalue weighted by Gasteiger charge is -2.06. The van der Waals surface area contributed by atoms with E-state index in [-0.39, 0.29) is 35.2 Å². The van der Waals surface area contributed by atoms with Crippen molar-refractivity contribution in [1.82, 2.24) is 4.98 Å². The summed E-state index contributed by atoms with van der Waals surface area (Å²) in [6, 6.07) is 9.18. The monoisotopic (exact) mass is 447 g/mol. The summed E-state index contributed by atoms with van der Waals surface area (Å²) in [5.74, 6) is 0.680. The minimum Gasteiger partial charge on any atom is -0.441 e. The van der Waals surface area contributed by atoms with E-state index in [4.69, 9.17) is 8.60 Å². The second kappa shape index (κ2) is 8.62. The first-order chi connectivity index (χ1) is 14.6. The maximum atomic E-state index is 12.4. The minimum atomic E-state index is -4.20. The van der Waals surface area contributed by atoms with Gasteiger partial charge in [0.25, 0.3) is 21.5 Å². The van der Waals surface area contributed by atoms with Crippen molar-refractivity contribution in [3.63, 3.8) is 0 Å². The molecule has 0 saturated heterocycles. The normalized spacial score (nSPS) is 11.4. The first kappa shape index (κ1) is 22.1. The molecular formula is C19H17N3O8S. The van der Waals surface area contributed by atoms with Crippen LogP contribution in [0.3, 0.4) is 0 Å². The molecule has 2 aromatic carbocycles. The molecule has 0 unspecified atom stereocenters. The van der Waals surface area contributed by atoms with Crippen LogP contribution in [0.25, 0.3) is 11.5 Å². The van der Waals surface area contributed by atoms with E-state index in [1.165, 1.54) is 43.3 Å². The molecule has 31 heavy (non-hydrogen) atoms. The molecule has 3 rings (SSSR count). The van der Waals surface area contributed by atoms with E-state index in [0.29, 0.717) is 22.6 Å². The maximum Gasteiger partial charge on any atom is 0.297 e. The van der Waals surface area contributed by atoms with Gasteiger partial charge in [0, 0.05) is 35.7 Å². The number of hydrogen-bond donors (Lipinski definition) is 0. The highest BCUT2D eigenvalue weighted by atomic mass is 32.2. The van der Waals surface area contributed by atoms with E-state index in [0.717, 1.165) is 6.07 Å². The fourth-order valence-corrected chi connectivity index (χ4v) is 3.70. The third kappa shape index (κ3) is 4.92. The number of nitro benzene ring substituents is 2. The molecule has 0 saturated carbocycles. The molecule has 0 aliphatic carbocycles. The Balaban J connectivity index is 1.70. The van der Waals surface area contributed by atoms with Crippen molar-refractivity contribution < 1.29 is 26.9 Å². The third-order valence-electron chi connectivity index (χ3n) is 4.46. The number of aromatic nitrogens is 1. The molecule has 0 radical (unpaired) electrons. The van der Waals surface area contributed by atoms with Crippen LogP contribution in [-0.4, -0.2) is 29.9 Å². The van der Waals surface area contributed by atoms with Crippen LogP contribution in [0.15, 0.2) is 51.8 Å². The predicted octanol–water partition coefficient (Wildman–Crippen LogP) is 3.72.